The molecule has 0 saturated heterocycles. The van der Waals surface area contributed by atoms with Crippen LogP contribution < -0.4 is 4.90 Å². The van der Waals surface area contributed by atoms with Gasteiger partial charge in [-0.3, -0.25) is 19.5 Å². The highest BCUT2D eigenvalue weighted by Gasteiger charge is 2.40. The minimum absolute atomic E-state index is 0.167. The molecule has 0 atom stereocenters. The predicted molar refractivity (Wildman–Crippen MR) is 113 cm³/mol. The molecule has 1 aliphatic rings. The van der Waals surface area contributed by atoms with E-state index in [4.69, 9.17) is 23.8 Å². The number of carbonyl (C=O) groups is 2. The monoisotopic (exact) mass is 404 g/mol. The third-order valence-corrected chi connectivity index (χ3v) is 5.02. The molecular formula is C22H13ClN2O2S. The van der Waals surface area contributed by atoms with Crippen LogP contribution in [-0.2, 0) is 4.79 Å². The SMILES string of the molecule is O=C(C1=C(c2ccccc2)C(=O)N(c2ccc(Cl)cc2)C1=S)c1cccnc1. The molecule has 28 heavy (non-hydrogen) atoms. The molecule has 3 aromatic rings. The van der Waals surface area contributed by atoms with E-state index in [0.717, 1.165) is 0 Å². The number of amides is 1. The summed E-state index contributed by atoms with van der Waals surface area (Å²) in [5.74, 6) is -0.674. The fourth-order valence-corrected chi connectivity index (χ4v) is 3.59. The Bertz CT molecular complexity index is 1110. The number of thiocarbonyl (C=S) groups is 1. The number of hydrogen-bond acceptors (Lipinski definition) is 4. The molecule has 4 rings (SSSR count). The zero-order valence-corrected chi connectivity index (χ0v) is 16.1. The number of pyridine rings is 1. The van der Waals surface area contributed by atoms with Gasteiger partial charge in [0, 0.05) is 23.0 Å². The summed E-state index contributed by atoms with van der Waals surface area (Å²) in [4.78, 5) is 32.1. The standard InChI is InChI=1S/C22H13ClN2O2S/c23-16-8-10-17(11-9-16)25-21(27)18(14-5-2-1-3-6-14)19(22(25)28)20(26)15-7-4-12-24-13-15/h1-13H. The van der Waals surface area contributed by atoms with Crippen molar-refractivity contribution in [3.05, 3.63) is 101 Å². The normalized spacial score (nSPS) is 14.0. The van der Waals surface area contributed by atoms with Gasteiger partial charge in [0.25, 0.3) is 5.91 Å². The zero-order valence-electron chi connectivity index (χ0n) is 14.5. The number of halogens is 1. The second-order valence-electron chi connectivity index (χ2n) is 6.11. The number of rotatable bonds is 4. The Kier molecular flexibility index (Phi) is 4.86. The van der Waals surface area contributed by atoms with Crippen molar-refractivity contribution in [3.8, 4) is 0 Å². The number of hydrogen-bond donors (Lipinski definition) is 0. The van der Waals surface area contributed by atoms with Crippen molar-refractivity contribution in [2.45, 2.75) is 0 Å². The van der Waals surface area contributed by atoms with Gasteiger partial charge in [0.15, 0.2) is 5.78 Å². The second-order valence-corrected chi connectivity index (χ2v) is 6.93. The number of carbonyl (C=O) groups excluding carboxylic acids is 2. The molecule has 1 amide bonds. The molecule has 136 valence electrons. The zero-order chi connectivity index (χ0) is 19.7. The minimum Gasteiger partial charge on any atom is -0.288 e. The summed E-state index contributed by atoms with van der Waals surface area (Å²) in [5, 5.41) is 0.546. The van der Waals surface area contributed by atoms with E-state index in [1.54, 1.807) is 54.7 Å². The molecule has 1 aromatic heterocycles. The number of benzene rings is 2. The molecule has 0 fully saturated rings. The van der Waals surface area contributed by atoms with Gasteiger partial charge in [0.2, 0.25) is 0 Å². The van der Waals surface area contributed by atoms with Crippen LogP contribution in [0.2, 0.25) is 5.02 Å². The van der Waals surface area contributed by atoms with Gasteiger partial charge in [-0.15, -0.1) is 0 Å². The van der Waals surface area contributed by atoms with E-state index >= 15 is 0 Å². The average molecular weight is 405 g/mol. The van der Waals surface area contributed by atoms with E-state index in [-0.39, 0.29) is 27.8 Å². The molecule has 0 saturated carbocycles. The van der Waals surface area contributed by atoms with Crippen LogP contribution in [0.3, 0.4) is 0 Å². The van der Waals surface area contributed by atoms with E-state index in [1.165, 1.54) is 11.1 Å². The molecule has 0 bridgehead atoms. The maximum Gasteiger partial charge on any atom is 0.264 e. The van der Waals surface area contributed by atoms with Crippen LogP contribution in [0.25, 0.3) is 5.57 Å². The minimum atomic E-state index is -0.342. The molecule has 2 heterocycles. The average Bonchev–Trinajstić information content (AvgIpc) is 2.99. The first-order chi connectivity index (χ1) is 13.6. The van der Waals surface area contributed by atoms with E-state index in [2.05, 4.69) is 4.98 Å². The number of ketones is 1. The van der Waals surface area contributed by atoms with Gasteiger partial charge in [-0.2, -0.15) is 0 Å². The first kappa shape index (κ1) is 18.2. The quantitative estimate of drug-likeness (QED) is 0.465. The smallest absolute Gasteiger partial charge is 0.264 e. The Labute approximate surface area is 172 Å². The van der Waals surface area contributed by atoms with Crippen molar-refractivity contribution in [1.29, 1.82) is 0 Å². The third kappa shape index (κ3) is 3.15. The van der Waals surface area contributed by atoms with E-state index < -0.39 is 0 Å². The van der Waals surface area contributed by atoms with Crippen LogP contribution in [0.1, 0.15) is 15.9 Å². The summed E-state index contributed by atoms with van der Waals surface area (Å²) in [7, 11) is 0. The van der Waals surface area contributed by atoms with Crippen LogP contribution in [0, 0.1) is 0 Å². The highest BCUT2D eigenvalue weighted by Crippen LogP contribution is 2.35. The first-order valence-electron chi connectivity index (χ1n) is 8.46. The number of aromatic nitrogens is 1. The van der Waals surface area contributed by atoms with Crippen molar-refractivity contribution in [2.75, 3.05) is 4.90 Å². The van der Waals surface area contributed by atoms with Crippen molar-refractivity contribution in [3.63, 3.8) is 0 Å². The Morgan fingerprint density at radius 3 is 2.32 bits per heavy atom. The highest BCUT2D eigenvalue weighted by molar-refractivity contribution is 7.81. The lowest BCUT2D eigenvalue weighted by molar-refractivity contribution is -0.112. The van der Waals surface area contributed by atoms with Crippen LogP contribution >= 0.6 is 23.8 Å². The van der Waals surface area contributed by atoms with Gasteiger partial charge < -0.3 is 0 Å². The lowest BCUT2D eigenvalue weighted by Crippen LogP contribution is -2.31. The lowest BCUT2D eigenvalue weighted by Gasteiger charge is -2.17. The van der Waals surface area contributed by atoms with Gasteiger partial charge in [-0.05, 0) is 42.0 Å². The Balaban J connectivity index is 1.88. The molecule has 6 heteroatoms. The topological polar surface area (TPSA) is 50.3 Å². The Hall–Kier alpha value is -3.15. The van der Waals surface area contributed by atoms with E-state index in [1.807, 2.05) is 18.2 Å². The molecule has 1 aliphatic heterocycles. The Morgan fingerprint density at radius 1 is 0.964 bits per heavy atom. The van der Waals surface area contributed by atoms with Gasteiger partial charge >= 0.3 is 0 Å². The van der Waals surface area contributed by atoms with Gasteiger partial charge in [-0.1, -0.05) is 54.2 Å². The van der Waals surface area contributed by atoms with Crippen LogP contribution in [-0.4, -0.2) is 21.7 Å². The van der Waals surface area contributed by atoms with Crippen LogP contribution in [0.5, 0.6) is 0 Å². The van der Waals surface area contributed by atoms with Gasteiger partial charge in [-0.25, -0.2) is 0 Å². The summed E-state index contributed by atoms with van der Waals surface area (Å²) in [5.41, 5.74) is 2.06. The summed E-state index contributed by atoms with van der Waals surface area (Å²) >= 11 is 11.5. The van der Waals surface area contributed by atoms with Crippen LogP contribution in [0.15, 0.2) is 84.7 Å². The predicted octanol–water partition coefficient (Wildman–Crippen LogP) is 4.75. The number of nitrogens with zero attached hydrogens (tertiary/aromatic N) is 2. The van der Waals surface area contributed by atoms with Gasteiger partial charge in [0.1, 0.15) is 4.99 Å². The fourth-order valence-electron chi connectivity index (χ4n) is 3.08. The van der Waals surface area contributed by atoms with Crippen molar-refractivity contribution in [1.82, 2.24) is 4.98 Å². The van der Waals surface area contributed by atoms with E-state index in [9.17, 15) is 9.59 Å². The molecule has 4 nitrogen and oxygen atoms in total. The van der Waals surface area contributed by atoms with Crippen molar-refractivity contribution in [2.24, 2.45) is 0 Å². The highest BCUT2D eigenvalue weighted by atomic mass is 35.5. The maximum absolute atomic E-state index is 13.3. The van der Waals surface area contributed by atoms with Crippen molar-refractivity contribution >= 4 is 51.8 Å². The van der Waals surface area contributed by atoms with Crippen molar-refractivity contribution < 1.29 is 9.59 Å². The molecule has 2 aromatic carbocycles. The molecule has 0 radical (unpaired) electrons. The second kappa shape index (κ2) is 7.46. The van der Waals surface area contributed by atoms with Crippen LogP contribution in [0.4, 0.5) is 5.69 Å². The summed E-state index contributed by atoms with van der Waals surface area (Å²) < 4.78 is 0. The summed E-state index contributed by atoms with van der Waals surface area (Å²) in [6, 6.07) is 19.1. The first-order valence-corrected chi connectivity index (χ1v) is 9.25. The summed E-state index contributed by atoms with van der Waals surface area (Å²) in [6.45, 7) is 0. The molecule has 0 unspecified atom stereocenters. The van der Waals surface area contributed by atoms with E-state index in [0.29, 0.717) is 21.8 Å². The fraction of sp³-hybridized carbons (Fsp3) is 0. The number of Topliss-reactive ketones (excluding diaryl/α,β-unsaturated/α-hetero) is 1. The lowest BCUT2D eigenvalue weighted by atomic mass is 9.96. The summed E-state index contributed by atoms with van der Waals surface area (Å²) in [6.07, 6.45) is 3.05. The number of anilines is 1. The molecular weight excluding hydrogens is 392 g/mol. The molecule has 0 spiro atoms. The van der Waals surface area contributed by atoms with Gasteiger partial charge in [0.05, 0.1) is 16.8 Å². The Morgan fingerprint density at radius 2 is 1.68 bits per heavy atom. The molecule has 0 N–H and O–H groups in total. The maximum atomic E-state index is 13.3. The largest absolute Gasteiger partial charge is 0.288 e. The third-order valence-electron chi connectivity index (χ3n) is 4.38. The molecule has 0 aliphatic carbocycles.